The van der Waals surface area contributed by atoms with Crippen LogP contribution in [0.1, 0.15) is 5.82 Å². The van der Waals surface area contributed by atoms with Crippen molar-refractivity contribution in [2.45, 2.75) is 6.92 Å². The predicted octanol–water partition coefficient (Wildman–Crippen LogP) is -0.0590. The lowest BCUT2D eigenvalue weighted by Crippen LogP contribution is -2.44. The number of aryl methyl sites for hydroxylation is 1. The summed E-state index contributed by atoms with van der Waals surface area (Å²) in [5, 5.41) is 11.9. The van der Waals surface area contributed by atoms with Crippen molar-refractivity contribution in [1.29, 1.82) is 0 Å². The number of nitrogens with one attached hydrogen (secondary N) is 1. The van der Waals surface area contributed by atoms with Gasteiger partial charge in [0.1, 0.15) is 17.5 Å². The SMILES string of the molecule is Cc1nc(NCCO)cc(N2CCN(C)CC2)n1. The minimum Gasteiger partial charge on any atom is -0.395 e. The first-order chi connectivity index (χ1) is 8.69. The smallest absolute Gasteiger partial charge is 0.134 e. The van der Waals surface area contributed by atoms with Crippen LogP contribution in [-0.2, 0) is 0 Å². The van der Waals surface area contributed by atoms with Crippen LogP contribution in [0.25, 0.3) is 0 Å². The summed E-state index contributed by atoms with van der Waals surface area (Å²) in [6.07, 6.45) is 0. The van der Waals surface area contributed by atoms with Crippen molar-refractivity contribution in [3.8, 4) is 0 Å². The summed E-state index contributed by atoms with van der Waals surface area (Å²) in [5.74, 6) is 2.51. The molecule has 6 heteroatoms. The molecule has 0 spiro atoms. The van der Waals surface area contributed by atoms with Gasteiger partial charge in [0, 0.05) is 38.8 Å². The summed E-state index contributed by atoms with van der Waals surface area (Å²) in [5.41, 5.74) is 0. The van der Waals surface area contributed by atoms with Crippen LogP contribution >= 0.6 is 0 Å². The summed E-state index contributed by atoms with van der Waals surface area (Å²) in [4.78, 5) is 13.4. The fraction of sp³-hybridized carbons (Fsp3) is 0.667. The number of aromatic nitrogens is 2. The number of anilines is 2. The van der Waals surface area contributed by atoms with Crippen molar-refractivity contribution >= 4 is 11.6 Å². The van der Waals surface area contributed by atoms with Crippen molar-refractivity contribution in [2.24, 2.45) is 0 Å². The van der Waals surface area contributed by atoms with Crippen LogP contribution in [0.15, 0.2) is 6.07 Å². The molecule has 0 aromatic carbocycles. The molecule has 0 atom stereocenters. The van der Waals surface area contributed by atoms with E-state index >= 15 is 0 Å². The molecule has 0 saturated carbocycles. The van der Waals surface area contributed by atoms with Crippen LogP contribution < -0.4 is 10.2 Å². The fourth-order valence-electron chi connectivity index (χ4n) is 2.02. The molecular formula is C12H21N5O. The number of likely N-dealkylation sites (N-methyl/N-ethyl adjacent to an activating group) is 1. The van der Waals surface area contributed by atoms with E-state index in [0.717, 1.165) is 43.6 Å². The Hall–Kier alpha value is -1.40. The van der Waals surface area contributed by atoms with E-state index in [9.17, 15) is 0 Å². The highest BCUT2D eigenvalue weighted by Gasteiger charge is 2.16. The molecule has 1 saturated heterocycles. The molecule has 0 aliphatic carbocycles. The van der Waals surface area contributed by atoms with E-state index < -0.39 is 0 Å². The quantitative estimate of drug-likeness (QED) is 0.782. The van der Waals surface area contributed by atoms with Gasteiger partial charge in [-0.3, -0.25) is 0 Å². The zero-order valence-corrected chi connectivity index (χ0v) is 11.1. The minimum atomic E-state index is 0.104. The van der Waals surface area contributed by atoms with Crippen LogP contribution in [0.2, 0.25) is 0 Å². The summed E-state index contributed by atoms with van der Waals surface area (Å²) >= 11 is 0. The second kappa shape index (κ2) is 5.97. The fourth-order valence-corrected chi connectivity index (χ4v) is 2.02. The third-order valence-corrected chi connectivity index (χ3v) is 3.07. The molecule has 1 fully saturated rings. The first kappa shape index (κ1) is 13.0. The number of nitrogens with zero attached hydrogens (tertiary/aromatic N) is 4. The van der Waals surface area contributed by atoms with E-state index in [1.807, 2.05) is 13.0 Å². The van der Waals surface area contributed by atoms with Gasteiger partial charge in [0.15, 0.2) is 0 Å². The van der Waals surface area contributed by atoms with E-state index in [1.165, 1.54) is 0 Å². The number of piperazine rings is 1. The van der Waals surface area contributed by atoms with Gasteiger partial charge in [-0.1, -0.05) is 0 Å². The highest BCUT2D eigenvalue weighted by molar-refractivity contribution is 5.49. The summed E-state index contributed by atoms with van der Waals surface area (Å²) in [6.45, 7) is 6.61. The van der Waals surface area contributed by atoms with Gasteiger partial charge in [0.05, 0.1) is 6.61 Å². The van der Waals surface area contributed by atoms with Gasteiger partial charge in [-0.15, -0.1) is 0 Å². The van der Waals surface area contributed by atoms with Crippen molar-refractivity contribution in [2.75, 3.05) is 56.6 Å². The van der Waals surface area contributed by atoms with E-state index in [0.29, 0.717) is 6.54 Å². The lowest BCUT2D eigenvalue weighted by Gasteiger charge is -2.33. The molecule has 0 radical (unpaired) electrons. The Morgan fingerprint density at radius 1 is 1.28 bits per heavy atom. The molecule has 1 aliphatic heterocycles. The monoisotopic (exact) mass is 251 g/mol. The maximum Gasteiger partial charge on any atom is 0.134 e. The summed E-state index contributed by atoms with van der Waals surface area (Å²) < 4.78 is 0. The van der Waals surface area contributed by atoms with Gasteiger partial charge in [0.2, 0.25) is 0 Å². The van der Waals surface area contributed by atoms with Gasteiger partial charge < -0.3 is 20.2 Å². The third kappa shape index (κ3) is 3.30. The molecule has 1 aromatic heterocycles. The van der Waals surface area contributed by atoms with Crippen LogP contribution in [0, 0.1) is 6.92 Å². The highest BCUT2D eigenvalue weighted by atomic mass is 16.3. The largest absolute Gasteiger partial charge is 0.395 e. The van der Waals surface area contributed by atoms with E-state index in [1.54, 1.807) is 0 Å². The molecule has 18 heavy (non-hydrogen) atoms. The Bertz CT molecular complexity index is 390. The molecule has 100 valence electrons. The van der Waals surface area contributed by atoms with Crippen molar-refractivity contribution in [3.63, 3.8) is 0 Å². The molecular weight excluding hydrogens is 230 g/mol. The van der Waals surface area contributed by atoms with Crippen LogP contribution in [0.4, 0.5) is 11.6 Å². The molecule has 0 amide bonds. The average molecular weight is 251 g/mol. The topological polar surface area (TPSA) is 64.5 Å². The zero-order valence-electron chi connectivity index (χ0n) is 11.1. The van der Waals surface area contributed by atoms with Crippen LogP contribution in [0.3, 0.4) is 0 Å². The zero-order chi connectivity index (χ0) is 13.0. The molecule has 0 bridgehead atoms. The normalized spacial score (nSPS) is 16.9. The van der Waals surface area contributed by atoms with Gasteiger partial charge in [-0.05, 0) is 14.0 Å². The van der Waals surface area contributed by atoms with Crippen molar-refractivity contribution in [3.05, 3.63) is 11.9 Å². The first-order valence-corrected chi connectivity index (χ1v) is 6.33. The molecule has 2 heterocycles. The summed E-state index contributed by atoms with van der Waals surface area (Å²) in [6, 6.07) is 1.95. The molecule has 2 rings (SSSR count). The number of aliphatic hydroxyl groups excluding tert-OH is 1. The Morgan fingerprint density at radius 2 is 2.00 bits per heavy atom. The third-order valence-electron chi connectivity index (χ3n) is 3.07. The van der Waals surface area contributed by atoms with Crippen LogP contribution in [-0.4, -0.2) is 66.4 Å². The Labute approximate surface area is 108 Å². The molecule has 0 unspecified atom stereocenters. The Balaban J connectivity index is 2.09. The van der Waals surface area contributed by atoms with Crippen molar-refractivity contribution in [1.82, 2.24) is 14.9 Å². The van der Waals surface area contributed by atoms with E-state index in [4.69, 9.17) is 5.11 Å². The van der Waals surface area contributed by atoms with E-state index in [2.05, 4.69) is 32.1 Å². The van der Waals surface area contributed by atoms with Crippen LogP contribution in [0.5, 0.6) is 0 Å². The molecule has 1 aromatic rings. The van der Waals surface area contributed by atoms with E-state index in [-0.39, 0.29) is 6.61 Å². The number of hydrogen-bond acceptors (Lipinski definition) is 6. The lowest BCUT2D eigenvalue weighted by molar-refractivity contribution is 0.310. The van der Waals surface area contributed by atoms with Gasteiger partial charge in [-0.2, -0.15) is 0 Å². The molecule has 2 N–H and O–H groups in total. The summed E-state index contributed by atoms with van der Waals surface area (Å²) in [7, 11) is 2.14. The maximum absolute atomic E-state index is 8.82. The van der Waals surface area contributed by atoms with Gasteiger partial charge in [0.25, 0.3) is 0 Å². The first-order valence-electron chi connectivity index (χ1n) is 6.33. The molecule has 1 aliphatic rings. The lowest BCUT2D eigenvalue weighted by atomic mass is 10.3. The highest BCUT2D eigenvalue weighted by Crippen LogP contribution is 2.17. The van der Waals surface area contributed by atoms with Gasteiger partial charge >= 0.3 is 0 Å². The second-order valence-electron chi connectivity index (χ2n) is 4.60. The number of hydrogen-bond donors (Lipinski definition) is 2. The van der Waals surface area contributed by atoms with Crippen molar-refractivity contribution < 1.29 is 5.11 Å². The average Bonchev–Trinajstić information content (AvgIpc) is 2.36. The molecule has 6 nitrogen and oxygen atoms in total. The maximum atomic E-state index is 8.82. The predicted molar refractivity (Wildman–Crippen MR) is 72.1 cm³/mol. The Kier molecular flexibility index (Phi) is 4.33. The standard InChI is InChI=1S/C12H21N5O/c1-10-14-11(13-3-8-18)9-12(15-10)17-6-4-16(2)5-7-17/h9,18H,3-8H2,1-2H3,(H,13,14,15). The Morgan fingerprint density at radius 3 is 2.67 bits per heavy atom. The van der Waals surface area contributed by atoms with Gasteiger partial charge in [-0.25, -0.2) is 9.97 Å². The second-order valence-corrected chi connectivity index (χ2v) is 4.60. The number of rotatable bonds is 4. The minimum absolute atomic E-state index is 0.104. The number of aliphatic hydroxyl groups is 1.